The van der Waals surface area contributed by atoms with E-state index in [0.717, 1.165) is 44.9 Å². The van der Waals surface area contributed by atoms with Crippen molar-refractivity contribution in [1.29, 1.82) is 0 Å². The second-order valence-electron chi connectivity index (χ2n) is 8.16. The zero-order valence-electron chi connectivity index (χ0n) is 17.7. The van der Waals surface area contributed by atoms with Crippen LogP contribution in [-0.2, 0) is 17.8 Å². The summed E-state index contributed by atoms with van der Waals surface area (Å²) in [6.45, 7) is 12.1. The Bertz CT molecular complexity index is 1010. The topological polar surface area (TPSA) is 70.1 Å². The number of hydrogen-bond donors (Lipinski definition) is 1. The number of ether oxygens (including phenoxy) is 1. The Balaban J connectivity index is 2.25. The van der Waals surface area contributed by atoms with Gasteiger partial charge in [0, 0.05) is 34.4 Å². The maximum atomic E-state index is 12.6. The molecule has 6 heteroatoms. The first kappa shape index (κ1) is 20.8. The van der Waals surface area contributed by atoms with E-state index >= 15 is 0 Å². The molecule has 3 aromatic rings. The number of pyridine rings is 2. The smallest absolute Gasteiger partial charge is 0.213 e. The predicted octanol–water partition coefficient (Wildman–Crippen LogP) is 4.78. The minimum absolute atomic E-state index is 0.0964. The second-order valence-corrected chi connectivity index (χ2v) is 10.2. The third-order valence-corrected chi connectivity index (χ3v) is 6.54. The highest BCUT2D eigenvalue weighted by molar-refractivity contribution is 7.90. The summed E-state index contributed by atoms with van der Waals surface area (Å²) in [4.78, 5) is 9.36. The summed E-state index contributed by atoms with van der Waals surface area (Å²) < 4.78 is 20.9. The normalized spacial score (nSPS) is 14.4. The maximum Gasteiger partial charge on any atom is 0.213 e. The van der Waals surface area contributed by atoms with Gasteiger partial charge in [0.25, 0.3) is 0 Å². The van der Waals surface area contributed by atoms with Gasteiger partial charge in [-0.15, -0.1) is 4.72 Å². The molecule has 1 unspecified atom stereocenters. The van der Waals surface area contributed by atoms with Gasteiger partial charge in [0.15, 0.2) is 0 Å². The van der Waals surface area contributed by atoms with Crippen molar-refractivity contribution in [3.63, 3.8) is 0 Å². The lowest BCUT2D eigenvalue weighted by molar-refractivity contribution is 0.399. The van der Waals surface area contributed by atoms with Crippen LogP contribution in [0.3, 0.4) is 0 Å². The standard InChI is InChI=1S/C22H29N3O2S/c1-8-19-18-12-23-20(27-7)11-16(18)17-10-13(2)9-15(21(17)24-19)14(3)25-28(26)22(4,5)6/h9-12,14,25H,8H2,1-7H3/t14?,28-/m1/s1. The molecule has 0 fully saturated rings. The largest absolute Gasteiger partial charge is 0.598 e. The first-order valence-corrected chi connectivity index (χ1v) is 10.8. The quantitative estimate of drug-likeness (QED) is 0.494. The third kappa shape index (κ3) is 3.95. The van der Waals surface area contributed by atoms with Gasteiger partial charge in [-0.2, -0.15) is 0 Å². The molecule has 0 bridgehead atoms. The number of fused-ring (bicyclic) bond motifs is 3. The van der Waals surface area contributed by atoms with E-state index in [2.05, 4.69) is 35.7 Å². The molecule has 0 aliphatic carbocycles. The van der Waals surface area contributed by atoms with Crippen LogP contribution in [0.15, 0.2) is 24.4 Å². The fraction of sp³-hybridized carbons (Fsp3) is 0.455. The number of aromatic nitrogens is 2. The molecule has 1 N–H and O–H groups in total. The van der Waals surface area contributed by atoms with Crippen molar-refractivity contribution in [2.24, 2.45) is 0 Å². The molecule has 3 rings (SSSR count). The Morgan fingerprint density at radius 1 is 1.18 bits per heavy atom. The summed E-state index contributed by atoms with van der Waals surface area (Å²) in [7, 11) is 1.63. The molecule has 2 aromatic heterocycles. The molecule has 0 aliphatic heterocycles. The molecule has 0 aliphatic rings. The number of methoxy groups -OCH3 is 1. The summed E-state index contributed by atoms with van der Waals surface area (Å²) in [6.07, 6.45) is 2.65. The molecular weight excluding hydrogens is 370 g/mol. The number of nitrogens with zero attached hydrogens (tertiary/aromatic N) is 2. The van der Waals surface area contributed by atoms with E-state index in [9.17, 15) is 4.55 Å². The molecule has 5 nitrogen and oxygen atoms in total. The van der Waals surface area contributed by atoms with E-state index in [1.54, 1.807) is 7.11 Å². The number of hydrogen-bond acceptors (Lipinski definition) is 5. The zero-order chi connectivity index (χ0) is 20.6. The highest BCUT2D eigenvalue weighted by Gasteiger charge is 2.29. The van der Waals surface area contributed by atoms with Gasteiger partial charge in [0.1, 0.15) is 4.75 Å². The van der Waals surface area contributed by atoms with Crippen molar-refractivity contribution in [1.82, 2.24) is 14.7 Å². The molecule has 2 atom stereocenters. The lowest BCUT2D eigenvalue weighted by Gasteiger charge is -2.27. The minimum atomic E-state index is -1.16. The molecule has 0 amide bonds. The molecule has 0 saturated carbocycles. The van der Waals surface area contributed by atoms with Gasteiger partial charge in [-0.1, -0.05) is 18.6 Å². The van der Waals surface area contributed by atoms with Crippen molar-refractivity contribution < 1.29 is 9.29 Å². The Morgan fingerprint density at radius 3 is 2.50 bits per heavy atom. The van der Waals surface area contributed by atoms with Crippen molar-refractivity contribution in [2.75, 3.05) is 7.11 Å². The van der Waals surface area contributed by atoms with Crippen LogP contribution in [0.2, 0.25) is 0 Å². The summed E-state index contributed by atoms with van der Waals surface area (Å²) >= 11 is -1.16. The van der Waals surface area contributed by atoms with E-state index in [0.29, 0.717) is 5.88 Å². The number of aryl methyl sites for hydroxylation is 2. The van der Waals surface area contributed by atoms with Crippen LogP contribution in [0.5, 0.6) is 5.88 Å². The van der Waals surface area contributed by atoms with Crippen LogP contribution in [0.25, 0.3) is 21.7 Å². The van der Waals surface area contributed by atoms with Crippen LogP contribution >= 0.6 is 0 Å². The average molecular weight is 400 g/mol. The number of benzene rings is 1. The lowest BCUT2D eigenvalue weighted by atomic mass is 9.97. The van der Waals surface area contributed by atoms with E-state index in [1.807, 2.05) is 40.0 Å². The predicted molar refractivity (Wildman–Crippen MR) is 117 cm³/mol. The Labute approximate surface area is 170 Å². The Morgan fingerprint density at radius 2 is 1.89 bits per heavy atom. The molecule has 0 radical (unpaired) electrons. The van der Waals surface area contributed by atoms with Crippen LogP contribution in [0.1, 0.15) is 57.5 Å². The summed E-state index contributed by atoms with van der Waals surface area (Å²) in [5.41, 5.74) is 4.14. The second kappa shape index (κ2) is 7.85. The molecule has 0 spiro atoms. The molecule has 28 heavy (non-hydrogen) atoms. The Kier molecular flexibility index (Phi) is 5.84. The fourth-order valence-corrected chi connectivity index (χ4v) is 4.13. The van der Waals surface area contributed by atoms with Crippen molar-refractivity contribution in [2.45, 2.75) is 58.8 Å². The number of rotatable bonds is 5. The first-order chi connectivity index (χ1) is 13.2. The first-order valence-electron chi connectivity index (χ1n) is 9.60. The van der Waals surface area contributed by atoms with Crippen LogP contribution < -0.4 is 9.46 Å². The average Bonchev–Trinajstić information content (AvgIpc) is 2.65. The molecule has 0 saturated heterocycles. The SMILES string of the molecule is CCc1nc2c(C(C)N[S@+]([O-])C(C)(C)C)cc(C)cc2c2cc(OC)ncc12. The van der Waals surface area contributed by atoms with Crippen molar-refractivity contribution in [3.8, 4) is 5.88 Å². The van der Waals surface area contributed by atoms with Gasteiger partial charge in [0.2, 0.25) is 5.88 Å². The molecule has 150 valence electrons. The van der Waals surface area contributed by atoms with E-state index < -0.39 is 11.4 Å². The van der Waals surface area contributed by atoms with Crippen molar-refractivity contribution >= 4 is 33.0 Å². The summed E-state index contributed by atoms with van der Waals surface area (Å²) in [5, 5.41) is 3.20. The minimum Gasteiger partial charge on any atom is -0.598 e. The van der Waals surface area contributed by atoms with Gasteiger partial charge in [-0.25, -0.2) is 4.98 Å². The van der Waals surface area contributed by atoms with Gasteiger partial charge < -0.3 is 9.29 Å². The zero-order valence-corrected chi connectivity index (χ0v) is 18.5. The van der Waals surface area contributed by atoms with E-state index in [4.69, 9.17) is 9.72 Å². The van der Waals surface area contributed by atoms with Crippen LogP contribution in [0.4, 0.5) is 0 Å². The van der Waals surface area contributed by atoms with Crippen molar-refractivity contribution in [3.05, 3.63) is 41.2 Å². The highest BCUT2D eigenvalue weighted by atomic mass is 32.2. The molecule has 1 aromatic carbocycles. The van der Waals surface area contributed by atoms with Crippen LogP contribution in [-0.4, -0.2) is 26.4 Å². The van der Waals surface area contributed by atoms with E-state index in [1.165, 1.54) is 0 Å². The fourth-order valence-electron chi connectivity index (χ4n) is 3.33. The maximum absolute atomic E-state index is 12.6. The van der Waals surface area contributed by atoms with Gasteiger partial charge in [0.05, 0.1) is 24.4 Å². The highest BCUT2D eigenvalue weighted by Crippen LogP contribution is 2.34. The van der Waals surface area contributed by atoms with Crippen LogP contribution in [0, 0.1) is 6.92 Å². The molecular formula is C22H29N3O2S. The number of nitrogens with one attached hydrogen (secondary N) is 1. The third-order valence-electron chi connectivity index (χ3n) is 4.86. The summed E-state index contributed by atoms with van der Waals surface area (Å²) in [5.74, 6) is 0.588. The summed E-state index contributed by atoms with van der Waals surface area (Å²) in [6, 6.07) is 6.17. The monoisotopic (exact) mass is 399 g/mol. The van der Waals surface area contributed by atoms with Gasteiger partial charge in [-0.05, 0) is 58.1 Å². The van der Waals surface area contributed by atoms with Gasteiger partial charge in [-0.3, -0.25) is 4.98 Å². The lowest BCUT2D eigenvalue weighted by Crippen LogP contribution is -2.40. The molecule has 2 heterocycles. The Hall–Kier alpha value is -1.89. The van der Waals surface area contributed by atoms with Gasteiger partial charge >= 0.3 is 0 Å². The van der Waals surface area contributed by atoms with E-state index in [-0.39, 0.29) is 10.8 Å².